The molecule has 0 fully saturated rings. The van der Waals surface area contributed by atoms with Crippen molar-refractivity contribution in [3.8, 4) is 10.6 Å². The molecule has 0 radical (unpaired) electrons. The van der Waals surface area contributed by atoms with Crippen molar-refractivity contribution in [1.29, 1.82) is 0 Å². The summed E-state index contributed by atoms with van der Waals surface area (Å²) in [5, 5.41) is 21.4. The smallest absolute Gasteiger partial charge is 0.272 e. The van der Waals surface area contributed by atoms with Crippen molar-refractivity contribution in [3.63, 3.8) is 0 Å². The van der Waals surface area contributed by atoms with E-state index in [0.717, 1.165) is 11.1 Å². The number of amides is 1. The Morgan fingerprint density at radius 3 is 2.85 bits per heavy atom. The van der Waals surface area contributed by atoms with Crippen molar-refractivity contribution in [2.75, 3.05) is 5.32 Å². The Hall–Kier alpha value is -3.10. The van der Waals surface area contributed by atoms with Crippen LogP contribution in [0.15, 0.2) is 42.5 Å². The van der Waals surface area contributed by atoms with Gasteiger partial charge in [-0.3, -0.25) is 4.79 Å². The van der Waals surface area contributed by atoms with Crippen molar-refractivity contribution in [3.05, 3.63) is 64.5 Å². The Bertz CT molecular complexity index is 1110. The number of aliphatic hydroxyl groups excluding tert-OH is 1. The molecule has 0 saturated heterocycles. The fraction of sp³-hybridized carbons (Fsp3) is 0.105. The number of aliphatic hydroxyl groups is 1. The van der Waals surface area contributed by atoms with Crippen LogP contribution in [-0.2, 0) is 6.61 Å². The van der Waals surface area contributed by atoms with Crippen LogP contribution in [-0.4, -0.2) is 26.2 Å². The fourth-order valence-corrected chi connectivity index (χ4v) is 3.51. The van der Waals surface area contributed by atoms with Gasteiger partial charge in [-0.25, -0.2) is 4.39 Å². The summed E-state index contributed by atoms with van der Waals surface area (Å²) in [7, 11) is 0. The standard InChI is InChI=1S/C19H15FN4O2S/c1-10-5-6-14(20)13-8-15(22-17(10)13)18(26)21-12-4-2-3-11(7-12)19-24-23-16(9-25)27-19/h2-8,22,25H,9H2,1H3,(H,21,26). The molecule has 4 rings (SSSR count). The summed E-state index contributed by atoms with van der Waals surface area (Å²) >= 11 is 1.28. The third-order valence-corrected chi connectivity index (χ3v) is 5.12. The number of aryl methyl sites for hydroxylation is 1. The number of anilines is 1. The lowest BCUT2D eigenvalue weighted by atomic mass is 10.1. The van der Waals surface area contributed by atoms with Crippen molar-refractivity contribution in [1.82, 2.24) is 15.2 Å². The van der Waals surface area contributed by atoms with Crippen molar-refractivity contribution in [2.24, 2.45) is 0 Å². The molecule has 4 aromatic rings. The van der Waals surface area contributed by atoms with Gasteiger partial charge in [-0.2, -0.15) is 0 Å². The summed E-state index contributed by atoms with van der Waals surface area (Å²) in [4.78, 5) is 15.6. The number of H-pyrrole nitrogens is 1. The molecule has 0 atom stereocenters. The highest BCUT2D eigenvalue weighted by atomic mass is 32.1. The van der Waals surface area contributed by atoms with Crippen molar-refractivity contribution < 1.29 is 14.3 Å². The average molecular weight is 382 g/mol. The number of carbonyl (C=O) groups excluding carboxylic acids is 1. The number of rotatable bonds is 4. The predicted molar refractivity (Wildman–Crippen MR) is 102 cm³/mol. The SMILES string of the molecule is Cc1ccc(F)c2cc(C(=O)Nc3cccc(-c4nnc(CO)s4)c3)[nH]c12. The number of halogens is 1. The first-order valence-corrected chi connectivity index (χ1v) is 8.99. The summed E-state index contributed by atoms with van der Waals surface area (Å²) in [6, 6.07) is 11.7. The molecule has 0 spiro atoms. The van der Waals surface area contributed by atoms with E-state index >= 15 is 0 Å². The van der Waals surface area contributed by atoms with Crippen LogP contribution < -0.4 is 5.32 Å². The molecule has 2 heterocycles. The molecular formula is C19H15FN4O2S. The number of hydrogen-bond acceptors (Lipinski definition) is 5. The first-order valence-electron chi connectivity index (χ1n) is 8.18. The van der Waals surface area contributed by atoms with Gasteiger partial charge in [0, 0.05) is 16.6 Å². The number of nitrogens with zero attached hydrogens (tertiary/aromatic N) is 2. The summed E-state index contributed by atoms with van der Waals surface area (Å²) < 4.78 is 14.0. The summed E-state index contributed by atoms with van der Waals surface area (Å²) in [6.45, 7) is 1.69. The minimum absolute atomic E-state index is 0.162. The first-order chi connectivity index (χ1) is 13.0. The van der Waals surface area contributed by atoms with E-state index in [4.69, 9.17) is 5.11 Å². The quantitative estimate of drug-likeness (QED) is 0.500. The van der Waals surface area contributed by atoms with Crippen LogP contribution >= 0.6 is 11.3 Å². The molecule has 27 heavy (non-hydrogen) atoms. The van der Waals surface area contributed by atoms with E-state index in [0.29, 0.717) is 26.6 Å². The van der Waals surface area contributed by atoms with Crippen LogP contribution in [0, 0.1) is 12.7 Å². The molecule has 0 unspecified atom stereocenters. The maximum Gasteiger partial charge on any atom is 0.272 e. The minimum atomic E-state index is -0.371. The van der Waals surface area contributed by atoms with Gasteiger partial charge in [-0.05, 0) is 36.8 Å². The average Bonchev–Trinajstić information content (AvgIpc) is 3.33. The minimum Gasteiger partial charge on any atom is -0.389 e. The molecule has 3 N–H and O–H groups in total. The predicted octanol–water partition coefficient (Wildman–Crippen LogP) is 3.88. The molecule has 1 amide bonds. The second kappa shape index (κ2) is 6.90. The largest absolute Gasteiger partial charge is 0.389 e. The highest BCUT2D eigenvalue weighted by Crippen LogP contribution is 2.27. The first kappa shape index (κ1) is 17.3. The van der Waals surface area contributed by atoms with Crippen LogP contribution in [0.2, 0.25) is 0 Å². The third kappa shape index (κ3) is 3.32. The van der Waals surface area contributed by atoms with Gasteiger partial charge in [0.15, 0.2) is 0 Å². The van der Waals surface area contributed by atoms with Gasteiger partial charge in [0.25, 0.3) is 5.91 Å². The summed E-state index contributed by atoms with van der Waals surface area (Å²) in [6.07, 6.45) is 0. The molecule has 8 heteroatoms. The van der Waals surface area contributed by atoms with E-state index in [9.17, 15) is 9.18 Å². The Labute approximate surface area is 157 Å². The Balaban J connectivity index is 1.61. The maximum absolute atomic E-state index is 14.0. The molecule has 0 aliphatic carbocycles. The van der Waals surface area contributed by atoms with E-state index < -0.39 is 0 Å². The number of hydrogen-bond donors (Lipinski definition) is 3. The second-order valence-electron chi connectivity index (χ2n) is 6.03. The van der Waals surface area contributed by atoms with Crippen molar-refractivity contribution in [2.45, 2.75) is 13.5 Å². The summed E-state index contributed by atoms with van der Waals surface area (Å²) in [5.41, 5.74) is 3.11. The molecule has 0 aliphatic rings. The molecule has 136 valence electrons. The van der Waals surface area contributed by atoms with E-state index in [1.165, 1.54) is 23.5 Å². The van der Waals surface area contributed by atoms with Crippen LogP contribution in [0.1, 0.15) is 21.1 Å². The summed E-state index contributed by atoms with van der Waals surface area (Å²) in [5.74, 6) is -0.737. The monoisotopic (exact) mass is 382 g/mol. The zero-order valence-corrected chi connectivity index (χ0v) is 15.1. The normalized spacial score (nSPS) is 11.1. The zero-order chi connectivity index (χ0) is 19.0. The number of aromatic nitrogens is 3. The van der Waals surface area contributed by atoms with E-state index in [-0.39, 0.29) is 24.0 Å². The highest BCUT2D eigenvalue weighted by molar-refractivity contribution is 7.14. The van der Waals surface area contributed by atoms with Gasteiger partial charge in [-0.1, -0.05) is 29.5 Å². The Morgan fingerprint density at radius 1 is 1.26 bits per heavy atom. The number of fused-ring (bicyclic) bond motifs is 1. The fourth-order valence-electron chi connectivity index (χ4n) is 2.81. The van der Waals surface area contributed by atoms with Crippen LogP contribution in [0.3, 0.4) is 0 Å². The Kier molecular flexibility index (Phi) is 4.43. The van der Waals surface area contributed by atoms with E-state index in [2.05, 4.69) is 20.5 Å². The number of benzene rings is 2. The van der Waals surface area contributed by atoms with E-state index in [1.807, 2.05) is 13.0 Å². The van der Waals surface area contributed by atoms with Crippen molar-refractivity contribution >= 4 is 33.8 Å². The molecule has 2 aromatic heterocycles. The molecule has 2 aromatic carbocycles. The molecule has 0 bridgehead atoms. The number of carbonyl (C=O) groups is 1. The molecule has 6 nitrogen and oxygen atoms in total. The van der Waals surface area contributed by atoms with Crippen LogP contribution in [0.5, 0.6) is 0 Å². The van der Waals surface area contributed by atoms with Gasteiger partial charge in [-0.15, -0.1) is 10.2 Å². The third-order valence-electron chi connectivity index (χ3n) is 4.16. The molecule has 0 saturated carbocycles. The number of nitrogens with one attached hydrogen (secondary N) is 2. The molecule has 0 aliphatic heterocycles. The van der Waals surface area contributed by atoms with Crippen LogP contribution in [0.4, 0.5) is 10.1 Å². The molecular weight excluding hydrogens is 367 g/mol. The lowest BCUT2D eigenvalue weighted by Crippen LogP contribution is -2.12. The number of aromatic amines is 1. The lowest BCUT2D eigenvalue weighted by Gasteiger charge is -2.05. The van der Waals surface area contributed by atoms with Gasteiger partial charge >= 0.3 is 0 Å². The second-order valence-corrected chi connectivity index (χ2v) is 7.09. The van der Waals surface area contributed by atoms with Crippen LogP contribution in [0.25, 0.3) is 21.5 Å². The van der Waals surface area contributed by atoms with E-state index in [1.54, 1.807) is 24.3 Å². The van der Waals surface area contributed by atoms with Gasteiger partial charge in [0.1, 0.15) is 21.5 Å². The van der Waals surface area contributed by atoms with Gasteiger partial charge < -0.3 is 15.4 Å². The zero-order valence-electron chi connectivity index (χ0n) is 14.3. The topological polar surface area (TPSA) is 90.9 Å². The van der Waals surface area contributed by atoms with Gasteiger partial charge in [0.05, 0.1) is 12.1 Å². The van der Waals surface area contributed by atoms with Gasteiger partial charge in [0.2, 0.25) is 0 Å². The lowest BCUT2D eigenvalue weighted by molar-refractivity contribution is 0.102. The Morgan fingerprint density at radius 2 is 2.11 bits per heavy atom. The highest BCUT2D eigenvalue weighted by Gasteiger charge is 2.14. The maximum atomic E-state index is 14.0.